The van der Waals surface area contributed by atoms with Crippen molar-refractivity contribution in [1.29, 1.82) is 0 Å². The van der Waals surface area contributed by atoms with Crippen LogP contribution in [-0.2, 0) is 19.8 Å². The average Bonchev–Trinajstić information content (AvgIpc) is 2.78. The monoisotopic (exact) mass is 489 g/mol. The zero-order chi connectivity index (χ0) is 24.3. The topological polar surface area (TPSA) is 74.7 Å². The Labute approximate surface area is 184 Å². The Bertz CT molecular complexity index is 1230. The smallest absolute Gasteiger partial charge is 0.343 e. The minimum absolute atomic E-state index is 0.149. The highest BCUT2D eigenvalue weighted by Crippen LogP contribution is 2.51. The molecule has 0 amide bonds. The van der Waals surface area contributed by atoms with E-state index in [1.54, 1.807) is 26.0 Å². The van der Waals surface area contributed by atoms with Gasteiger partial charge in [0.25, 0.3) is 0 Å². The maximum absolute atomic E-state index is 13.8. The molecule has 6 nitrogen and oxygen atoms in total. The van der Waals surface area contributed by atoms with Gasteiger partial charge in [-0.2, -0.15) is 8.78 Å². The Morgan fingerprint density at radius 3 is 2.00 bits per heavy atom. The Hall–Kier alpha value is -2.88. The first-order valence-corrected chi connectivity index (χ1v) is 11.3. The first-order chi connectivity index (χ1) is 15.6. The number of hydrogen-bond acceptors (Lipinski definition) is 6. The molecule has 0 radical (unpaired) electrons. The maximum Gasteiger partial charge on any atom is 0.343 e. The number of nitrogens with zero attached hydrogens (tertiary/aromatic N) is 1. The second-order valence-corrected chi connectivity index (χ2v) is 8.66. The van der Waals surface area contributed by atoms with Gasteiger partial charge in [-0.05, 0) is 32.0 Å². The number of aromatic nitrogens is 1. The molecule has 1 heterocycles. The van der Waals surface area contributed by atoms with Crippen molar-refractivity contribution in [2.45, 2.75) is 20.0 Å². The first-order valence-electron chi connectivity index (χ1n) is 9.61. The molecular weight excluding hydrogens is 472 g/mol. The summed E-state index contributed by atoms with van der Waals surface area (Å²) in [6.45, 7) is 3.61. The van der Waals surface area contributed by atoms with Gasteiger partial charge in [-0.25, -0.2) is 18.0 Å². The lowest BCUT2D eigenvalue weighted by atomic mass is 10.1. The van der Waals surface area contributed by atoms with E-state index in [1.807, 2.05) is 0 Å². The molecule has 3 rings (SSSR count). The van der Waals surface area contributed by atoms with E-state index in [9.17, 15) is 31.3 Å². The Morgan fingerprint density at radius 1 is 0.879 bits per heavy atom. The van der Waals surface area contributed by atoms with Gasteiger partial charge in [0, 0.05) is 5.39 Å². The molecule has 0 aliphatic rings. The quantitative estimate of drug-likeness (QED) is 0.0978. The number of halogens is 5. The SMILES string of the molecule is CCOP(=O)(Cc1ccc2ccc(C(=O)Oc3c(F)c(F)c(F)c(F)c3F)cc2n1)OCC. The van der Waals surface area contributed by atoms with Gasteiger partial charge in [0.2, 0.25) is 34.8 Å². The second kappa shape index (κ2) is 9.94. The Balaban J connectivity index is 1.92. The van der Waals surface area contributed by atoms with Gasteiger partial charge in [-0.15, -0.1) is 0 Å². The summed E-state index contributed by atoms with van der Waals surface area (Å²) < 4.78 is 95.1. The van der Waals surface area contributed by atoms with E-state index < -0.39 is 48.4 Å². The zero-order valence-corrected chi connectivity index (χ0v) is 18.2. The van der Waals surface area contributed by atoms with Crippen molar-refractivity contribution in [3.05, 3.63) is 70.7 Å². The van der Waals surface area contributed by atoms with Crippen molar-refractivity contribution >= 4 is 24.5 Å². The molecular formula is C21H17F5NO5P. The molecule has 33 heavy (non-hydrogen) atoms. The predicted molar refractivity (Wildman–Crippen MR) is 107 cm³/mol. The highest BCUT2D eigenvalue weighted by molar-refractivity contribution is 7.53. The van der Waals surface area contributed by atoms with Crippen molar-refractivity contribution in [1.82, 2.24) is 4.98 Å². The molecule has 176 valence electrons. The van der Waals surface area contributed by atoms with Crippen molar-refractivity contribution in [2.24, 2.45) is 0 Å². The summed E-state index contributed by atoms with van der Waals surface area (Å²) in [4.78, 5) is 16.6. The summed E-state index contributed by atoms with van der Waals surface area (Å²) in [6, 6.07) is 7.06. The number of benzene rings is 2. The molecule has 0 aliphatic carbocycles. The van der Waals surface area contributed by atoms with Crippen LogP contribution in [0.3, 0.4) is 0 Å². The zero-order valence-electron chi connectivity index (χ0n) is 17.3. The number of esters is 1. The summed E-state index contributed by atoms with van der Waals surface area (Å²) >= 11 is 0. The average molecular weight is 489 g/mol. The fourth-order valence-corrected chi connectivity index (χ4v) is 4.54. The fourth-order valence-electron chi connectivity index (χ4n) is 2.92. The molecule has 12 heteroatoms. The third kappa shape index (κ3) is 5.21. The molecule has 0 saturated carbocycles. The molecule has 0 N–H and O–H groups in total. The molecule has 0 saturated heterocycles. The largest absolute Gasteiger partial charge is 0.416 e. The van der Waals surface area contributed by atoms with Crippen LogP contribution in [-0.4, -0.2) is 24.2 Å². The van der Waals surface area contributed by atoms with E-state index in [-0.39, 0.29) is 30.5 Å². The molecule has 0 atom stereocenters. The van der Waals surface area contributed by atoms with E-state index in [4.69, 9.17) is 9.05 Å². The Morgan fingerprint density at radius 2 is 1.42 bits per heavy atom. The van der Waals surface area contributed by atoms with Gasteiger partial charge in [-0.3, -0.25) is 9.55 Å². The number of carbonyl (C=O) groups is 1. The van der Waals surface area contributed by atoms with Gasteiger partial charge in [0.15, 0.2) is 0 Å². The van der Waals surface area contributed by atoms with Crippen LogP contribution in [0.15, 0.2) is 30.3 Å². The van der Waals surface area contributed by atoms with Gasteiger partial charge in [0.1, 0.15) is 0 Å². The number of hydrogen-bond donors (Lipinski definition) is 0. The summed E-state index contributed by atoms with van der Waals surface area (Å²) in [5.41, 5.74) is 0.269. The van der Waals surface area contributed by atoms with Gasteiger partial charge in [0.05, 0.1) is 36.1 Å². The summed E-state index contributed by atoms with van der Waals surface area (Å²) in [5, 5.41) is 0.550. The molecule has 0 spiro atoms. The lowest BCUT2D eigenvalue weighted by molar-refractivity contribution is 0.0716. The van der Waals surface area contributed by atoms with Crippen LogP contribution in [0.5, 0.6) is 5.75 Å². The maximum atomic E-state index is 13.8. The van der Waals surface area contributed by atoms with E-state index in [0.717, 1.165) is 0 Å². The molecule has 1 aromatic heterocycles. The second-order valence-electron chi connectivity index (χ2n) is 6.60. The molecule has 0 aliphatic heterocycles. The normalized spacial score (nSPS) is 11.7. The number of pyridine rings is 1. The third-order valence-electron chi connectivity index (χ3n) is 4.36. The molecule has 2 aromatic carbocycles. The van der Waals surface area contributed by atoms with Crippen LogP contribution in [0.2, 0.25) is 0 Å². The summed E-state index contributed by atoms with van der Waals surface area (Å²) in [7, 11) is -3.46. The van der Waals surface area contributed by atoms with Crippen molar-refractivity contribution < 1.29 is 45.1 Å². The number of rotatable bonds is 8. The highest BCUT2D eigenvalue weighted by atomic mass is 31.2. The van der Waals surface area contributed by atoms with Crippen molar-refractivity contribution in [2.75, 3.05) is 13.2 Å². The fraction of sp³-hybridized carbons (Fsp3) is 0.238. The van der Waals surface area contributed by atoms with Gasteiger partial charge < -0.3 is 13.8 Å². The van der Waals surface area contributed by atoms with Crippen molar-refractivity contribution in [3.63, 3.8) is 0 Å². The van der Waals surface area contributed by atoms with Crippen LogP contribution in [0.25, 0.3) is 10.9 Å². The minimum Gasteiger partial charge on any atom is -0.416 e. The van der Waals surface area contributed by atoms with Crippen molar-refractivity contribution in [3.8, 4) is 5.75 Å². The number of ether oxygens (including phenoxy) is 1. The Kier molecular flexibility index (Phi) is 7.46. The molecule has 0 unspecified atom stereocenters. The lowest BCUT2D eigenvalue weighted by Gasteiger charge is -2.16. The van der Waals surface area contributed by atoms with E-state index in [2.05, 4.69) is 9.72 Å². The molecule has 0 fully saturated rings. The molecule has 0 bridgehead atoms. The van der Waals surface area contributed by atoms with Gasteiger partial charge in [-0.1, -0.05) is 12.1 Å². The van der Waals surface area contributed by atoms with Crippen LogP contribution in [0.1, 0.15) is 29.9 Å². The first kappa shape index (κ1) is 24.8. The standard InChI is InChI=1S/C21H17F5NO5P/c1-3-30-33(29,31-4-2)10-13-8-7-11-5-6-12(9-14(11)27-13)21(28)32-20-18(25)16(23)15(22)17(24)19(20)26/h5-9H,3-4,10H2,1-2H3. The lowest BCUT2D eigenvalue weighted by Crippen LogP contribution is -2.13. The summed E-state index contributed by atoms with van der Waals surface area (Å²) in [5.74, 6) is -14.5. The third-order valence-corrected chi connectivity index (χ3v) is 6.37. The van der Waals surface area contributed by atoms with E-state index >= 15 is 0 Å². The van der Waals surface area contributed by atoms with Gasteiger partial charge >= 0.3 is 13.6 Å². The van der Waals surface area contributed by atoms with Crippen LogP contribution in [0, 0.1) is 29.1 Å². The van der Waals surface area contributed by atoms with E-state index in [0.29, 0.717) is 11.1 Å². The highest BCUT2D eigenvalue weighted by Gasteiger charge is 2.29. The van der Waals surface area contributed by atoms with Crippen LogP contribution < -0.4 is 4.74 Å². The molecule has 3 aromatic rings. The minimum atomic E-state index is -3.46. The summed E-state index contributed by atoms with van der Waals surface area (Å²) in [6.07, 6.45) is -0.149. The number of carbonyl (C=O) groups excluding carboxylic acids is 1. The number of fused-ring (bicyclic) bond motifs is 1. The van der Waals surface area contributed by atoms with Crippen LogP contribution in [0.4, 0.5) is 22.0 Å². The van der Waals surface area contributed by atoms with E-state index in [1.165, 1.54) is 18.2 Å². The van der Waals surface area contributed by atoms with Crippen LogP contribution >= 0.6 is 7.60 Å². The predicted octanol–water partition coefficient (Wildman–Crippen LogP) is 5.92.